The second-order valence-electron chi connectivity index (χ2n) is 0.908. The molecule has 0 aromatic carbocycles. The molecule has 0 spiro atoms. The highest BCUT2D eigenvalue weighted by atomic mass is 19.4. The van der Waals surface area contributed by atoms with Crippen molar-refractivity contribution in [3.05, 3.63) is 0 Å². The maximum absolute atomic E-state index is 10.6. The van der Waals surface area contributed by atoms with Gasteiger partial charge >= 0.3 is 12.1 Å². The topological polar surface area (TPSA) is 126 Å². The van der Waals surface area contributed by atoms with Crippen LogP contribution < -0.4 is 0 Å². The largest absolute Gasteiger partial charge is 0.490 e. The summed E-state index contributed by atoms with van der Waals surface area (Å²) in [4.78, 5) is 17.3. The lowest BCUT2D eigenvalue weighted by Gasteiger charge is -1.93. The fourth-order valence-electron chi connectivity index (χ4n) is 0. The van der Waals surface area contributed by atoms with Crippen molar-refractivity contribution < 1.29 is 43.6 Å². The molecular formula is C4H9F3O6. The lowest BCUT2D eigenvalue weighted by molar-refractivity contribution is -0.192. The van der Waals surface area contributed by atoms with Crippen LogP contribution in [0.4, 0.5) is 13.2 Å². The zero-order valence-electron chi connectivity index (χ0n) is 6.37. The number of carboxylic acid groups (broad SMARTS) is 2. The smallest absolute Gasteiger partial charge is 0.483 e. The third-order valence-corrected chi connectivity index (χ3v) is 0.243. The van der Waals surface area contributed by atoms with E-state index >= 15 is 0 Å². The SMILES string of the molecule is CO.O.O=C(O)C(F)(F)F.O=CO. The number of aliphatic hydroxyl groups is 1. The van der Waals surface area contributed by atoms with E-state index < -0.39 is 12.1 Å². The van der Waals surface area contributed by atoms with Gasteiger partial charge < -0.3 is 20.8 Å². The van der Waals surface area contributed by atoms with Crippen LogP contribution in [0, 0.1) is 0 Å². The highest BCUT2D eigenvalue weighted by Gasteiger charge is 2.38. The molecular weight excluding hydrogens is 201 g/mol. The highest BCUT2D eigenvalue weighted by Crippen LogP contribution is 2.13. The van der Waals surface area contributed by atoms with Crippen molar-refractivity contribution in [1.82, 2.24) is 0 Å². The molecule has 13 heavy (non-hydrogen) atoms. The van der Waals surface area contributed by atoms with E-state index in [1.807, 2.05) is 0 Å². The number of hydrogen-bond donors (Lipinski definition) is 3. The maximum Gasteiger partial charge on any atom is 0.490 e. The molecule has 0 aromatic heterocycles. The van der Waals surface area contributed by atoms with Gasteiger partial charge in [0.15, 0.2) is 0 Å². The number of carbonyl (C=O) groups is 2. The van der Waals surface area contributed by atoms with Gasteiger partial charge in [-0.25, -0.2) is 4.79 Å². The highest BCUT2D eigenvalue weighted by molar-refractivity contribution is 5.73. The quantitative estimate of drug-likeness (QED) is 0.447. The van der Waals surface area contributed by atoms with Crippen molar-refractivity contribution in [2.75, 3.05) is 7.11 Å². The van der Waals surface area contributed by atoms with Gasteiger partial charge in [-0.1, -0.05) is 0 Å². The molecule has 0 rings (SSSR count). The van der Waals surface area contributed by atoms with Gasteiger partial charge in [0.1, 0.15) is 0 Å². The molecule has 9 heteroatoms. The molecule has 0 aliphatic rings. The van der Waals surface area contributed by atoms with Crippen LogP contribution in [0.2, 0.25) is 0 Å². The monoisotopic (exact) mass is 210 g/mol. The Kier molecular flexibility index (Phi) is 23.0. The summed E-state index contributed by atoms with van der Waals surface area (Å²) in [6, 6.07) is 0. The lowest BCUT2D eigenvalue weighted by atomic mass is 10.7. The summed E-state index contributed by atoms with van der Waals surface area (Å²) in [5.41, 5.74) is 0. The fraction of sp³-hybridized carbons (Fsp3) is 0.500. The minimum Gasteiger partial charge on any atom is -0.483 e. The number of halogens is 3. The minimum absolute atomic E-state index is 0. The van der Waals surface area contributed by atoms with Crippen LogP contribution in [-0.2, 0) is 9.59 Å². The first-order valence-corrected chi connectivity index (χ1v) is 2.19. The summed E-state index contributed by atoms with van der Waals surface area (Å²) >= 11 is 0. The van der Waals surface area contributed by atoms with Crippen LogP contribution in [0.25, 0.3) is 0 Å². The molecule has 82 valence electrons. The summed E-state index contributed by atoms with van der Waals surface area (Å²) in [6.07, 6.45) is -5.08. The Morgan fingerprint density at radius 1 is 1.31 bits per heavy atom. The van der Waals surface area contributed by atoms with Crippen molar-refractivity contribution in [2.24, 2.45) is 0 Å². The van der Waals surface area contributed by atoms with Crippen molar-refractivity contribution in [1.29, 1.82) is 0 Å². The van der Waals surface area contributed by atoms with E-state index in [2.05, 4.69) is 0 Å². The normalized spacial score (nSPS) is 7.46. The van der Waals surface area contributed by atoms with Crippen LogP contribution in [-0.4, -0.2) is 46.5 Å². The summed E-state index contributed by atoms with van der Waals surface area (Å²) in [5, 5.41) is 21.0. The zero-order chi connectivity index (χ0) is 10.8. The van der Waals surface area contributed by atoms with E-state index in [4.69, 9.17) is 24.9 Å². The predicted octanol–water partition coefficient (Wildman–Crippen LogP) is -0.882. The summed E-state index contributed by atoms with van der Waals surface area (Å²) in [5.74, 6) is -2.76. The van der Waals surface area contributed by atoms with Crippen molar-refractivity contribution >= 4 is 12.4 Å². The van der Waals surface area contributed by atoms with Gasteiger partial charge in [-0.2, -0.15) is 13.2 Å². The molecule has 0 amide bonds. The van der Waals surface area contributed by atoms with Crippen molar-refractivity contribution in [3.8, 4) is 0 Å². The summed E-state index contributed by atoms with van der Waals surface area (Å²) in [6.45, 7) is -0.250. The number of hydrogen-bond acceptors (Lipinski definition) is 3. The molecule has 0 heterocycles. The Morgan fingerprint density at radius 3 is 1.38 bits per heavy atom. The van der Waals surface area contributed by atoms with E-state index in [0.717, 1.165) is 7.11 Å². The Morgan fingerprint density at radius 2 is 1.38 bits per heavy atom. The zero-order valence-corrected chi connectivity index (χ0v) is 6.37. The van der Waals surface area contributed by atoms with Gasteiger partial charge in [0.05, 0.1) is 0 Å². The van der Waals surface area contributed by atoms with Gasteiger partial charge in [0, 0.05) is 7.11 Å². The fourth-order valence-corrected chi connectivity index (χ4v) is 0. The number of alkyl halides is 3. The Balaban J connectivity index is -0.0000000581. The van der Waals surface area contributed by atoms with Gasteiger partial charge in [0.2, 0.25) is 0 Å². The van der Waals surface area contributed by atoms with Crippen molar-refractivity contribution in [2.45, 2.75) is 6.18 Å². The maximum atomic E-state index is 10.6. The third kappa shape index (κ3) is 36.9. The molecule has 0 unspecified atom stereocenters. The van der Waals surface area contributed by atoms with E-state index in [0.29, 0.717) is 0 Å². The molecule has 0 saturated carbocycles. The molecule has 0 atom stereocenters. The number of aliphatic carboxylic acids is 1. The van der Waals surface area contributed by atoms with E-state index in [9.17, 15) is 13.2 Å². The summed E-state index contributed by atoms with van der Waals surface area (Å²) < 4.78 is 31.7. The molecule has 0 saturated heterocycles. The molecule has 0 aliphatic heterocycles. The molecule has 0 fully saturated rings. The van der Waals surface area contributed by atoms with Crippen LogP contribution in [0.3, 0.4) is 0 Å². The predicted molar refractivity (Wildman–Crippen MR) is 34.1 cm³/mol. The van der Waals surface area contributed by atoms with Crippen molar-refractivity contribution in [3.63, 3.8) is 0 Å². The second kappa shape index (κ2) is 13.3. The first-order valence-electron chi connectivity index (χ1n) is 2.19. The molecule has 0 bridgehead atoms. The van der Waals surface area contributed by atoms with Crippen LogP contribution in [0.5, 0.6) is 0 Å². The van der Waals surface area contributed by atoms with Gasteiger partial charge in [-0.15, -0.1) is 0 Å². The van der Waals surface area contributed by atoms with Gasteiger partial charge in [-0.3, -0.25) is 4.79 Å². The van der Waals surface area contributed by atoms with Gasteiger partial charge in [-0.05, 0) is 0 Å². The Hall–Kier alpha value is -1.35. The first kappa shape index (κ1) is 22.6. The minimum atomic E-state index is -5.08. The summed E-state index contributed by atoms with van der Waals surface area (Å²) in [7, 11) is 1.00. The standard InChI is InChI=1S/C2HF3O2.CH2O2.CH4O.H2O/c3-2(4,5)1(6)7;2-1-3;1-2;/h(H,6,7);1H,(H,2,3);2H,1H3;1H2. The van der Waals surface area contributed by atoms with E-state index in [-0.39, 0.29) is 11.9 Å². The number of carboxylic acids is 1. The molecule has 0 aromatic rings. The Labute approximate surface area is 70.5 Å². The average Bonchev–Trinajstić information content (AvgIpc) is 1.91. The van der Waals surface area contributed by atoms with E-state index in [1.54, 1.807) is 0 Å². The number of aliphatic hydroxyl groups excluding tert-OH is 1. The number of rotatable bonds is 0. The molecule has 0 aliphatic carbocycles. The molecule has 5 N–H and O–H groups in total. The third-order valence-electron chi connectivity index (χ3n) is 0.243. The first-order chi connectivity index (χ1) is 5.36. The average molecular weight is 210 g/mol. The lowest BCUT2D eigenvalue weighted by Crippen LogP contribution is -2.21. The van der Waals surface area contributed by atoms with E-state index in [1.165, 1.54) is 0 Å². The Bertz CT molecular complexity index is 122. The second-order valence-corrected chi connectivity index (χ2v) is 0.908. The van der Waals surface area contributed by atoms with Gasteiger partial charge in [0.25, 0.3) is 6.47 Å². The van der Waals surface area contributed by atoms with Crippen LogP contribution in [0.15, 0.2) is 0 Å². The van der Waals surface area contributed by atoms with Crippen LogP contribution in [0.1, 0.15) is 0 Å². The van der Waals surface area contributed by atoms with Crippen LogP contribution >= 0.6 is 0 Å². The molecule has 6 nitrogen and oxygen atoms in total. The molecule has 0 radical (unpaired) electrons.